The van der Waals surface area contributed by atoms with E-state index in [0.717, 1.165) is 7.96 Å². The zero-order valence-electron chi connectivity index (χ0n) is 6.27. The Bertz CT molecular complexity index is 9.30. The molecule has 44 valence electrons. The van der Waals surface area contributed by atoms with E-state index in [4.69, 9.17) is 0 Å². The average Bonchev–Trinajstić information content (AvgIpc) is 0.918. The van der Waals surface area contributed by atoms with Gasteiger partial charge in [0.1, 0.15) is 0 Å². The Kier molecular flexibility index (Phi) is 315. The maximum atomic E-state index is 2.57. The van der Waals surface area contributed by atoms with E-state index in [2.05, 4.69) is 17.9 Å². The van der Waals surface area contributed by atoms with Crippen molar-refractivity contribution >= 4 is 25.8 Å². The Hall–Kier alpha value is 10.1. The molecule has 0 aromatic rings. The van der Waals surface area contributed by atoms with Crippen LogP contribution in [0.2, 0.25) is 0 Å². The molecular weight excluding hydrogens is 804 g/mol. The fourth-order valence-corrected chi connectivity index (χ4v) is 0. The maximum Gasteiger partial charge on any atom is 0 e. The topological polar surface area (TPSA) is 0 Å². The molecule has 11 heteroatoms. The molecular formula is H5P3Y8. The molecule has 2 unspecified atom stereocenters. The number of rotatable bonds is 0. The van der Waals surface area contributed by atoms with Crippen LogP contribution in [0.15, 0.2) is 0 Å². The van der Waals surface area contributed by atoms with Gasteiger partial charge < -0.3 is 0 Å². The van der Waals surface area contributed by atoms with E-state index in [1.54, 1.807) is 0 Å². The fraction of sp³-hybridized carbons (Fsp3) is 0. The number of hydrogen-bond donors (Lipinski definition) is 0. The van der Waals surface area contributed by atoms with Gasteiger partial charge in [-0.2, -0.15) is 0 Å². The first-order chi connectivity index (χ1) is 1.41. The molecule has 0 nitrogen and oxygen atoms in total. The molecule has 11 heavy (non-hydrogen) atoms. The Morgan fingerprint density at radius 3 is 0.455 bits per heavy atom. The second-order valence-corrected chi connectivity index (χ2v) is 4.50. The van der Waals surface area contributed by atoms with Crippen LogP contribution in [0.3, 0.4) is 0 Å². The van der Waals surface area contributed by atoms with Gasteiger partial charge in [0.15, 0.2) is 0 Å². The van der Waals surface area contributed by atoms with Crippen LogP contribution in [-0.4, -0.2) is 0 Å². The third kappa shape index (κ3) is 64.5. The van der Waals surface area contributed by atoms with Crippen molar-refractivity contribution in [3.05, 3.63) is 0 Å². The van der Waals surface area contributed by atoms with Crippen molar-refractivity contribution in [3.8, 4) is 0 Å². The Labute approximate surface area is 278 Å². The van der Waals surface area contributed by atoms with E-state index in [1.165, 1.54) is 0 Å². The third-order valence-electron chi connectivity index (χ3n) is 0. The van der Waals surface area contributed by atoms with E-state index < -0.39 is 0 Å². The molecule has 0 rings (SSSR count). The Morgan fingerprint density at radius 1 is 0.455 bits per heavy atom. The van der Waals surface area contributed by atoms with Crippen LogP contribution in [-0.2, 0) is 262 Å². The van der Waals surface area contributed by atoms with Crippen molar-refractivity contribution in [2.75, 3.05) is 0 Å². The summed E-state index contributed by atoms with van der Waals surface area (Å²) in [6.45, 7) is 0. The monoisotopic (exact) mass is 809 g/mol. The van der Waals surface area contributed by atoms with Gasteiger partial charge in [0.05, 0.1) is 0 Å². The van der Waals surface area contributed by atoms with Gasteiger partial charge >= 0.3 is 0 Å². The molecule has 0 saturated carbocycles. The normalized spacial score (nSPS) is 1.64. The zero-order valence-corrected chi connectivity index (χ0v) is 32.3. The minimum Gasteiger partial charge on any atom is -0.110 e. The van der Waals surface area contributed by atoms with Gasteiger partial charge in [-0.15, -0.1) is 17.9 Å². The summed E-state index contributed by atoms with van der Waals surface area (Å²) < 4.78 is 0. The molecule has 0 bridgehead atoms. The molecule has 0 aromatic heterocycles. The van der Waals surface area contributed by atoms with E-state index in [-0.39, 0.29) is 262 Å². The summed E-state index contributed by atoms with van der Waals surface area (Å²) >= 11 is 0. The minimum absolute atomic E-state index is 0. The summed E-state index contributed by atoms with van der Waals surface area (Å²) in [6.07, 6.45) is 0. The first-order valence-electron chi connectivity index (χ1n) is 0.577. The second kappa shape index (κ2) is 59.5. The quantitative estimate of drug-likeness (QED) is 0.324. The molecule has 2 atom stereocenters. The van der Waals surface area contributed by atoms with Gasteiger partial charge in [-0.1, -0.05) is 7.96 Å². The van der Waals surface area contributed by atoms with Crippen LogP contribution in [0.1, 0.15) is 0 Å². The Balaban J connectivity index is -0.000000000714. The zero-order chi connectivity index (χ0) is 2.71. The van der Waals surface area contributed by atoms with Crippen molar-refractivity contribution in [1.82, 2.24) is 0 Å². The van der Waals surface area contributed by atoms with E-state index in [1.807, 2.05) is 0 Å². The van der Waals surface area contributed by atoms with Crippen molar-refractivity contribution < 1.29 is 262 Å². The van der Waals surface area contributed by atoms with Crippen LogP contribution >= 0.6 is 25.8 Å². The van der Waals surface area contributed by atoms with Gasteiger partial charge in [-0.05, 0) is 0 Å². The van der Waals surface area contributed by atoms with Crippen LogP contribution in [0.25, 0.3) is 0 Å². The molecule has 0 amide bonds. The van der Waals surface area contributed by atoms with Crippen LogP contribution < -0.4 is 0 Å². The first-order valence-corrected chi connectivity index (χ1v) is 5.20. The van der Waals surface area contributed by atoms with Gasteiger partial charge in [0, 0.05) is 262 Å². The van der Waals surface area contributed by atoms with Crippen molar-refractivity contribution in [3.63, 3.8) is 0 Å². The number of hydrogen-bond acceptors (Lipinski definition) is 0. The van der Waals surface area contributed by atoms with Gasteiger partial charge in [-0.25, -0.2) is 0 Å². The molecule has 0 aromatic carbocycles. The van der Waals surface area contributed by atoms with E-state index in [0.29, 0.717) is 0 Å². The molecule has 0 heterocycles. The standard InChI is InChI=1S/H5P3.8Y/c1-3-2;;;;;;;;/h3H,1-2H2;;;;;;;;. The summed E-state index contributed by atoms with van der Waals surface area (Å²) in [5.74, 6) is 0. The van der Waals surface area contributed by atoms with Gasteiger partial charge in [-0.3, -0.25) is 0 Å². The van der Waals surface area contributed by atoms with Crippen molar-refractivity contribution in [2.24, 2.45) is 0 Å². The van der Waals surface area contributed by atoms with E-state index >= 15 is 0 Å². The summed E-state index contributed by atoms with van der Waals surface area (Å²) in [4.78, 5) is 0. The second-order valence-electron chi connectivity index (χ2n) is 0.167. The summed E-state index contributed by atoms with van der Waals surface area (Å²) in [5.41, 5.74) is 0. The molecule has 0 saturated heterocycles. The summed E-state index contributed by atoms with van der Waals surface area (Å²) in [7, 11) is 6.06. The predicted octanol–water partition coefficient (Wildman–Crippen LogP) is 1.23. The average molecular weight is 809 g/mol. The van der Waals surface area contributed by atoms with E-state index in [9.17, 15) is 0 Å². The molecule has 0 spiro atoms. The van der Waals surface area contributed by atoms with Crippen molar-refractivity contribution in [2.45, 2.75) is 0 Å². The molecule has 0 aliphatic rings. The summed E-state index contributed by atoms with van der Waals surface area (Å²) in [5, 5.41) is 0. The molecule has 8 radical (unpaired) electrons. The minimum atomic E-state index is 0. The van der Waals surface area contributed by atoms with Crippen LogP contribution in [0.4, 0.5) is 0 Å². The van der Waals surface area contributed by atoms with Gasteiger partial charge in [0.25, 0.3) is 0 Å². The van der Waals surface area contributed by atoms with Crippen LogP contribution in [0, 0.1) is 0 Å². The molecule has 0 N–H and O–H groups in total. The summed E-state index contributed by atoms with van der Waals surface area (Å²) in [6, 6.07) is 0. The molecule has 0 aliphatic carbocycles. The molecule has 0 aliphatic heterocycles. The fourth-order valence-electron chi connectivity index (χ4n) is 0. The van der Waals surface area contributed by atoms with Crippen LogP contribution in [0.5, 0.6) is 0 Å². The van der Waals surface area contributed by atoms with Gasteiger partial charge in [0.2, 0.25) is 0 Å². The smallest absolute Gasteiger partial charge is 0 e. The maximum absolute atomic E-state index is 2.57. The largest absolute Gasteiger partial charge is 0.110 e. The van der Waals surface area contributed by atoms with Crippen molar-refractivity contribution in [1.29, 1.82) is 0 Å². The first kappa shape index (κ1) is 58.2. The molecule has 0 fully saturated rings. The third-order valence-corrected chi connectivity index (χ3v) is 0. The SMILES string of the molecule is PPP.[Y].[Y].[Y].[Y].[Y].[Y].[Y].[Y]. The predicted molar refractivity (Wildman–Crippen MR) is 27.7 cm³/mol. The Morgan fingerprint density at radius 2 is 0.455 bits per heavy atom.